The van der Waals surface area contributed by atoms with Gasteiger partial charge in [-0.25, -0.2) is 9.97 Å². The number of piperidine rings is 1. The first-order chi connectivity index (χ1) is 13.3. The summed E-state index contributed by atoms with van der Waals surface area (Å²) in [4.78, 5) is 23.0. The summed E-state index contributed by atoms with van der Waals surface area (Å²) in [7, 11) is 0. The van der Waals surface area contributed by atoms with E-state index in [1.165, 1.54) is 30.7 Å². The van der Waals surface area contributed by atoms with E-state index < -0.39 is 0 Å². The molecule has 0 aliphatic carbocycles. The number of carbonyl (C=O) groups excluding carboxylic acids is 1. The van der Waals surface area contributed by atoms with Gasteiger partial charge >= 0.3 is 0 Å². The van der Waals surface area contributed by atoms with Crippen LogP contribution in [0.2, 0.25) is 0 Å². The minimum atomic E-state index is -0.148. The second kappa shape index (κ2) is 8.41. The fraction of sp³-hybridized carbons (Fsp3) is 0.368. The molecule has 1 atom stereocenters. The van der Waals surface area contributed by atoms with E-state index in [1.54, 1.807) is 0 Å². The molecule has 0 spiro atoms. The molecule has 27 heavy (non-hydrogen) atoms. The molecule has 0 bridgehead atoms. The predicted molar refractivity (Wildman–Crippen MR) is 105 cm³/mol. The molecule has 4 rings (SSSR count). The van der Waals surface area contributed by atoms with E-state index in [2.05, 4.69) is 35.2 Å². The lowest BCUT2D eigenvalue weighted by Gasteiger charge is -2.33. The number of hydrogen-bond donors (Lipinski definition) is 1. The van der Waals surface area contributed by atoms with Crippen molar-refractivity contribution in [2.75, 3.05) is 18.4 Å². The topological polar surface area (TPSA) is 75.9 Å². The minimum Gasteiger partial charge on any atom is -0.337 e. The monoisotopic (exact) mass is 382 g/mol. The highest BCUT2D eigenvalue weighted by molar-refractivity contribution is 7.09. The molecular weight excluding hydrogens is 360 g/mol. The van der Waals surface area contributed by atoms with Gasteiger partial charge in [-0.2, -0.15) is 4.37 Å². The molecule has 1 aliphatic heterocycles. The Morgan fingerprint density at radius 1 is 1.37 bits per heavy atom. The van der Waals surface area contributed by atoms with Crippen LogP contribution in [0.1, 0.15) is 28.8 Å². The normalized spacial score (nSPS) is 17.7. The van der Waals surface area contributed by atoms with E-state index in [1.807, 2.05) is 36.9 Å². The van der Waals surface area contributed by atoms with Crippen LogP contribution in [0.15, 0.2) is 49.3 Å². The summed E-state index contributed by atoms with van der Waals surface area (Å²) >= 11 is 1.17. The standard InChI is InChI=1S/C19H22N6OS/c26-18(23-19-21-13-22-27-19)17-5-1-3-15(9-17)10-24-7-2-4-16(11-24)12-25-8-6-20-14-25/h1,3,5-6,8-9,13-14,16H,2,4,7,10-12H2,(H,21,22,23,26)/t16-/m0/s1. The largest absolute Gasteiger partial charge is 0.337 e. The molecule has 3 heterocycles. The fourth-order valence-corrected chi connectivity index (χ4v) is 4.03. The van der Waals surface area contributed by atoms with Crippen molar-refractivity contribution in [1.29, 1.82) is 0 Å². The number of nitrogens with zero attached hydrogens (tertiary/aromatic N) is 5. The molecule has 1 aliphatic rings. The Morgan fingerprint density at radius 2 is 2.33 bits per heavy atom. The van der Waals surface area contributed by atoms with Crippen LogP contribution in [0.4, 0.5) is 5.13 Å². The van der Waals surface area contributed by atoms with Gasteiger partial charge in [0, 0.05) is 49.1 Å². The van der Waals surface area contributed by atoms with Crippen molar-refractivity contribution < 1.29 is 4.79 Å². The van der Waals surface area contributed by atoms with Gasteiger partial charge in [0.2, 0.25) is 5.13 Å². The van der Waals surface area contributed by atoms with Crippen LogP contribution in [0, 0.1) is 5.92 Å². The quantitative estimate of drug-likeness (QED) is 0.709. The third-order valence-corrected chi connectivity index (χ3v) is 5.39. The molecule has 1 amide bonds. The number of amides is 1. The van der Waals surface area contributed by atoms with Gasteiger partial charge in [0.05, 0.1) is 6.33 Å². The molecule has 8 heteroatoms. The third kappa shape index (κ3) is 4.78. The molecule has 1 N–H and O–H groups in total. The van der Waals surface area contributed by atoms with E-state index in [0.717, 1.165) is 31.7 Å². The van der Waals surface area contributed by atoms with Crippen LogP contribution in [0.5, 0.6) is 0 Å². The number of aromatic nitrogens is 4. The van der Waals surface area contributed by atoms with E-state index in [4.69, 9.17) is 0 Å². The Hall–Kier alpha value is -2.58. The lowest BCUT2D eigenvalue weighted by molar-refractivity contribution is 0.102. The fourth-order valence-electron chi connectivity index (χ4n) is 3.60. The highest BCUT2D eigenvalue weighted by atomic mass is 32.1. The highest BCUT2D eigenvalue weighted by Crippen LogP contribution is 2.21. The lowest BCUT2D eigenvalue weighted by Crippen LogP contribution is -2.36. The van der Waals surface area contributed by atoms with Gasteiger partial charge in [-0.1, -0.05) is 12.1 Å². The zero-order valence-corrected chi connectivity index (χ0v) is 15.8. The number of rotatable bonds is 6. The second-order valence-corrected chi connectivity index (χ2v) is 7.68. The SMILES string of the molecule is O=C(Nc1ncns1)c1cccc(CN2CCC[C@H](Cn3ccnc3)C2)c1. The zero-order valence-electron chi connectivity index (χ0n) is 15.0. The minimum absolute atomic E-state index is 0.148. The van der Waals surface area contributed by atoms with E-state index >= 15 is 0 Å². The molecule has 0 saturated carbocycles. The van der Waals surface area contributed by atoms with Gasteiger partial charge in [-0.15, -0.1) is 0 Å². The molecule has 140 valence electrons. The van der Waals surface area contributed by atoms with Crippen molar-refractivity contribution >= 4 is 22.6 Å². The molecule has 0 radical (unpaired) electrons. The highest BCUT2D eigenvalue weighted by Gasteiger charge is 2.20. The molecule has 1 aromatic carbocycles. The number of imidazole rings is 1. The van der Waals surface area contributed by atoms with Crippen LogP contribution >= 0.6 is 11.5 Å². The van der Waals surface area contributed by atoms with Crippen LogP contribution in [0.25, 0.3) is 0 Å². The van der Waals surface area contributed by atoms with Crippen molar-refractivity contribution in [3.05, 3.63) is 60.4 Å². The van der Waals surface area contributed by atoms with Crippen LogP contribution in [0.3, 0.4) is 0 Å². The zero-order chi connectivity index (χ0) is 18.5. The van der Waals surface area contributed by atoms with Crippen LogP contribution in [-0.2, 0) is 13.1 Å². The maximum atomic E-state index is 12.4. The Labute approximate surface area is 162 Å². The maximum absolute atomic E-state index is 12.4. The smallest absolute Gasteiger partial charge is 0.257 e. The van der Waals surface area contributed by atoms with Gasteiger partial charge in [0.25, 0.3) is 5.91 Å². The second-order valence-electron chi connectivity index (χ2n) is 6.90. The number of benzene rings is 1. The summed E-state index contributed by atoms with van der Waals surface area (Å²) < 4.78 is 6.06. The number of likely N-dealkylation sites (tertiary alicyclic amines) is 1. The van der Waals surface area contributed by atoms with Crippen LogP contribution < -0.4 is 5.32 Å². The average Bonchev–Trinajstić information content (AvgIpc) is 3.36. The van der Waals surface area contributed by atoms with Gasteiger partial charge < -0.3 is 4.57 Å². The molecule has 1 fully saturated rings. The Balaban J connectivity index is 1.36. The Kier molecular flexibility index (Phi) is 5.55. The van der Waals surface area contributed by atoms with Gasteiger partial charge in [0.15, 0.2) is 0 Å². The molecule has 2 aromatic heterocycles. The first kappa shape index (κ1) is 17.8. The predicted octanol–water partition coefficient (Wildman–Crippen LogP) is 2.90. The average molecular weight is 382 g/mol. The summed E-state index contributed by atoms with van der Waals surface area (Å²) in [5.41, 5.74) is 1.80. The summed E-state index contributed by atoms with van der Waals surface area (Å²) in [5.74, 6) is 0.488. The lowest BCUT2D eigenvalue weighted by atomic mass is 9.97. The summed E-state index contributed by atoms with van der Waals surface area (Å²) in [6, 6.07) is 7.83. The van der Waals surface area contributed by atoms with Crippen molar-refractivity contribution in [2.45, 2.75) is 25.9 Å². The maximum Gasteiger partial charge on any atom is 0.257 e. The van der Waals surface area contributed by atoms with Gasteiger partial charge in [0.1, 0.15) is 6.33 Å². The number of anilines is 1. The van der Waals surface area contributed by atoms with Crippen molar-refractivity contribution in [3.63, 3.8) is 0 Å². The first-order valence-corrected chi connectivity index (χ1v) is 9.88. The van der Waals surface area contributed by atoms with Gasteiger partial charge in [-0.3, -0.25) is 15.0 Å². The number of nitrogens with one attached hydrogen (secondary N) is 1. The van der Waals surface area contributed by atoms with E-state index in [-0.39, 0.29) is 5.91 Å². The van der Waals surface area contributed by atoms with E-state index in [0.29, 0.717) is 16.6 Å². The van der Waals surface area contributed by atoms with E-state index in [9.17, 15) is 4.79 Å². The number of hydrogen-bond acceptors (Lipinski definition) is 6. The summed E-state index contributed by atoms with van der Waals surface area (Å²) in [6.07, 6.45) is 9.64. The third-order valence-electron chi connectivity index (χ3n) is 4.81. The van der Waals surface area contributed by atoms with Crippen molar-refractivity contribution in [3.8, 4) is 0 Å². The van der Waals surface area contributed by atoms with Crippen LogP contribution in [-0.4, -0.2) is 42.8 Å². The van der Waals surface area contributed by atoms with Gasteiger partial charge in [-0.05, 0) is 43.0 Å². The Bertz CT molecular complexity index is 864. The summed E-state index contributed by atoms with van der Waals surface area (Å²) in [6.45, 7) is 4.04. The molecular formula is C19H22N6OS. The first-order valence-electron chi connectivity index (χ1n) is 9.11. The molecule has 0 unspecified atom stereocenters. The van der Waals surface area contributed by atoms with Crippen molar-refractivity contribution in [2.24, 2.45) is 5.92 Å². The molecule has 7 nitrogen and oxygen atoms in total. The Morgan fingerprint density at radius 3 is 3.15 bits per heavy atom. The summed E-state index contributed by atoms with van der Waals surface area (Å²) in [5, 5.41) is 3.30. The number of carbonyl (C=O) groups is 1. The van der Waals surface area contributed by atoms with Crippen molar-refractivity contribution in [1.82, 2.24) is 23.8 Å². The molecule has 1 saturated heterocycles. The molecule has 3 aromatic rings.